The van der Waals surface area contributed by atoms with E-state index in [1.807, 2.05) is 5.38 Å². The van der Waals surface area contributed by atoms with Crippen molar-refractivity contribution in [3.05, 3.63) is 11.1 Å². The lowest BCUT2D eigenvalue weighted by Gasteiger charge is -2.23. The fourth-order valence-corrected chi connectivity index (χ4v) is 2.26. The molecule has 0 saturated carbocycles. The van der Waals surface area contributed by atoms with Gasteiger partial charge < -0.3 is 10.6 Å². The third-order valence-corrected chi connectivity index (χ3v) is 3.40. The Morgan fingerprint density at radius 3 is 2.86 bits per heavy atom. The lowest BCUT2D eigenvalue weighted by atomic mass is 10.2. The molecule has 0 saturated heterocycles. The molecule has 0 fully saturated rings. The van der Waals surface area contributed by atoms with Crippen LogP contribution in [0.4, 0.5) is 5.13 Å². The largest absolute Gasteiger partial charge is 0.348 e. The van der Waals surface area contributed by atoms with E-state index < -0.39 is 0 Å². The Morgan fingerprint density at radius 2 is 2.36 bits per heavy atom. The van der Waals surface area contributed by atoms with Crippen LogP contribution in [0.15, 0.2) is 5.38 Å². The zero-order valence-electron chi connectivity index (χ0n) is 9.16. The highest BCUT2D eigenvalue weighted by atomic mass is 32.1. The summed E-state index contributed by atoms with van der Waals surface area (Å²) in [5.41, 5.74) is 6.51. The Balaban J connectivity index is 2.63. The van der Waals surface area contributed by atoms with Crippen LogP contribution in [0.25, 0.3) is 0 Å². The molecule has 80 valence electrons. The molecule has 0 aliphatic rings. The predicted molar refractivity (Wildman–Crippen MR) is 62.8 cm³/mol. The third kappa shape index (κ3) is 2.69. The van der Waals surface area contributed by atoms with Crippen molar-refractivity contribution in [2.45, 2.75) is 39.3 Å². The van der Waals surface area contributed by atoms with Gasteiger partial charge in [0.1, 0.15) is 0 Å². The Morgan fingerprint density at radius 1 is 1.64 bits per heavy atom. The molecule has 0 spiro atoms. The number of nitrogens with two attached hydrogens (primary N) is 1. The van der Waals surface area contributed by atoms with Gasteiger partial charge in [-0.05, 0) is 13.3 Å². The number of thiazole rings is 1. The highest BCUT2D eigenvalue weighted by molar-refractivity contribution is 7.13. The number of anilines is 1. The summed E-state index contributed by atoms with van der Waals surface area (Å²) in [4.78, 5) is 6.68. The average Bonchev–Trinajstić information content (AvgIpc) is 2.65. The van der Waals surface area contributed by atoms with Crippen molar-refractivity contribution < 1.29 is 0 Å². The molecular weight excluding hydrogens is 194 g/mol. The van der Waals surface area contributed by atoms with Crippen LogP contribution in [-0.2, 0) is 6.54 Å². The summed E-state index contributed by atoms with van der Waals surface area (Å²) in [6, 6.07) is 0.553. The summed E-state index contributed by atoms with van der Waals surface area (Å²) in [5.74, 6) is 0. The molecule has 1 rings (SSSR count). The molecule has 2 N–H and O–H groups in total. The zero-order valence-corrected chi connectivity index (χ0v) is 9.97. The van der Waals surface area contributed by atoms with Crippen molar-refractivity contribution in [3.63, 3.8) is 0 Å². The van der Waals surface area contributed by atoms with E-state index in [0.717, 1.165) is 10.8 Å². The Bertz CT molecular complexity index is 272. The van der Waals surface area contributed by atoms with Gasteiger partial charge in [-0.3, -0.25) is 0 Å². The van der Waals surface area contributed by atoms with Gasteiger partial charge in [-0.15, -0.1) is 11.3 Å². The van der Waals surface area contributed by atoms with Crippen molar-refractivity contribution in [3.8, 4) is 0 Å². The van der Waals surface area contributed by atoms with Gasteiger partial charge in [0.05, 0.1) is 5.69 Å². The van der Waals surface area contributed by atoms with Crippen LogP contribution < -0.4 is 10.6 Å². The Kier molecular flexibility index (Phi) is 4.35. The molecule has 0 aliphatic carbocycles. The number of hydrogen-bond donors (Lipinski definition) is 1. The number of hydrogen-bond acceptors (Lipinski definition) is 4. The normalized spacial score (nSPS) is 12.9. The van der Waals surface area contributed by atoms with Crippen molar-refractivity contribution in [1.29, 1.82) is 0 Å². The molecule has 4 heteroatoms. The molecule has 1 aromatic rings. The van der Waals surface area contributed by atoms with Crippen LogP contribution in [0.2, 0.25) is 0 Å². The molecule has 1 heterocycles. The van der Waals surface area contributed by atoms with E-state index >= 15 is 0 Å². The molecular formula is C10H19N3S. The predicted octanol–water partition coefficient (Wildman–Crippen LogP) is 2.23. The van der Waals surface area contributed by atoms with Crippen molar-refractivity contribution in [2.75, 3.05) is 11.9 Å². The first kappa shape index (κ1) is 11.5. The molecule has 3 nitrogen and oxygen atoms in total. The molecule has 1 aromatic heterocycles. The number of rotatable bonds is 5. The summed E-state index contributed by atoms with van der Waals surface area (Å²) in [7, 11) is 2.10. The van der Waals surface area contributed by atoms with Crippen LogP contribution in [-0.4, -0.2) is 18.1 Å². The molecule has 0 bridgehead atoms. The molecule has 1 atom stereocenters. The maximum Gasteiger partial charge on any atom is 0.185 e. The quantitative estimate of drug-likeness (QED) is 0.815. The first-order valence-corrected chi connectivity index (χ1v) is 5.94. The summed E-state index contributed by atoms with van der Waals surface area (Å²) in [6.45, 7) is 4.97. The van der Waals surface area contributed by atoms with E-state index in [2.05, 4.69) is 30.8 Å². The molecule has 1 unspecified atom stereocenters. The van der Waals surface area contributed by atoms with Crippen LogP contribution in [0.3, 0.4) is 0 Å². The minimum absolute atomic E-state index is 0.534. The van der Waals surface area contributed by atoms with Crippen LogP contribution in [0.5, 0.6) is 0 Å². The van der Waals surface area contributed by atoms with E-state index in [4.69, 9.17) is 5.73 Å². The van der Waals surface area contributed by atoms with Gasteiger partial charge in [0.2, 0.25) is 0 Å². The van der Waals surface area contributed by atoms with Gasteiger partial charge in [-0.25, -0.2) is 4.98 Å². The maximum absolute atomic E-state index is 5.52. The van der Waals surface area contributed by atoms with Crippen molar-refractivity contribution in [2.24, 2.45) is 5.73 Å². The first-order valence-electron chi connectivity index (χ1n) is 5.06. The topological polar surface area (TPSA) is 42.2 Å². The van der Waals surface area contributed by atoms with E-state index in [1.165, 1.54) is 12.8 Å². The van der Waals surface area contributed by atoms with Gasteiger partial charge in [0.25, 0.3) is 0 Å². The fraction of sp³-hybridized carbons (Fsp3) is 0.700. The van der Waals surface area contributed by atoms with Gasteiger partial charge in [0.15, 0.2) is 5.13 Å². The minimum Gasteiger partial charge on any atom is -0.348 e. The summed E-state index contributed by atoms with van der Waals surface area (Å²) in [6.07, 6.45) is 2.41. The van der Waals surface area contributed by atoms with Gasteiger partial charge >= 0.3 is 0 Å². The standard InChI is InChI=1S/C10H19N3S/c1-4-5-8(2)13(3)10-12-9(6-11)7-14-10/h7-8H,4-6,11H2,1-3H3. The zero-order chi connectivity index (χ0) is 10.6. The van der Waals surface area contributed by atoms with Crippen LogP contribution in [0.1, 0.15) is 32.4 Å². The van der Waals surface area contributed by atoms with Crippen LogP contribution >= 0.6 is 11.3 Å². The smallest absolute Gasteiger partial charge is 0.185 e. The van der Waals surface area contributed by atoms with Gasteiger partial charge in [0, 0.05) is 25.0 Å². The lowest BCUT2D eigenvalue weighted by Crippen LogP contribution is -2.28. The SMILES string of the molecule is CCCC(C)N(C)c1nc(CN)cs1. The lowest BCUT2D eigenvalue weighted by molar-refractivity contribution is 0.614. The minimum atomic E-state index is 0.534. The Labute approximate surface area is 89.9 Å². The monoisotopic (exact) mass is 213 g/mol. The van der Waals surface area contributed by atoms with E-state index in [9.17, 15) is 0 Å². The second-order valence-electron chi connectivity index (χ2n) is 3.57. The number of nitrogens with zero attached hydrogens (tertiary/aromatic N) is 2. The molecule has 0 amide bonds. The maximum atomic E-state index is 5.52. The van der Waals surface area contributed by atoms with Crippen molar-refractivity contribution >= 4 is 16.5 Å². The van der Waals surface area contributed by atoms with Crippen LogP contribution in [0, 0.1) is 0 Å². The van der Waals surface area contributed by atoms with E-state index in [0.29, 0.717) is 12.6 Å². The third-order valence-electron chi connectivity index (χ3n) is 2.42. The Hall–Kier alpha value is -0.610. The molecule has 14 heavy (non-hydrogen) atoms. The summed E-state index contributed by atoms with van der Waals surface area (Å²) in [5, 5.41) is 3.11. The van der Waals surface area contributed by atoms with Crippen molar-refractivity contribution in [1.82, 2.24) is 4.98 Å². The fourth-order valence-electron chi connectivity index (χ4n) is 1.35. The van der Waals surface area contributed by atoms with Gasteiger partial charge in [-0.1, -0.05) is 13.3 Å². The second kappa shape index (κ2) is 5.32. The molecule has 0 radical (unpaired) electrons. The number of aromatic nitrogens is 1. The highest BCUT2D eigenvalue weighted by Gasteiger charge is 2.12. The summed E-state index contributed by atoms with van der Waals surface area (Å²) >= 11 is 1.67. The first-order chi connectivity index (χ1) is 6.69. The molecule has 0 aromatic carbocycles. The highest BCUT2D eigenvalue weighted by Crippen LogP contribution is 2.22. The van der Waals surface area contributed by atoms with Gasteiger partial charge in [-0.2, -0.15) is 0 Å². The summed E-state index contributed by atoms with van der Waals surface area (Å²) < 4.78 is 0. The van der Waals surface area contributed by atoms with E-state index in [1.54, 1.807) is 11.3 Å². The second-order valence-corrected chi connectivity index (χ2v) is 4.41. The average molecular weight is 213 g/mol. The van der Waals surface area contributed by atoms with E-state index in [-0.39, 0.29) is 0 Å². The molecule has 0 aliphatic heterocycles.